The third-order valence-electron chi connectivity index (χ3n) is 4.69. The van der Waals surface area contributed by atoms with Gasteiger partial charge in [0.05, 0.1) is 19.3 Å². The van der Waals surface area contributed by atoms with E-state index in [1.807, 2.05) is 31.2 Å². The predicted molar refractivity (Wildman–Crippen MR) is 105 cm³/mol. The molecule has 1 amide bonds. The number of rotatable bonds is 7. The number of carbonyl (C=O) groups excluding carboxylic acids is 1. The van der Waals surface area contributed by atoms with Crippen molar-refractivity contribution in [1.29, 1.82) is 0 Å². The van der Waals surface area contributed by atoms with Gasteiger partial charge in [0.2, 0.25) is 0 Å². The van der Waals surface area contributed by atoms with E-state index in [9.17, 15) is 4.79 Å². The van der Waals surface area contributed by atoms with Crippen molar-refractivity contribution in [1.82, 2.24) is 15.2 Å². The van der Waals surface area contributed by atoms with E-state index in [0.29, 0.717) is 6.54 Å². The third kappa shape index (κ3) is 5.05. The van der Waals surface area contributed by atoms with Crippen molar-refractivity contribution in [3.05, 3.63) is 45.4 Å². The van der Waals surface area contributed by atoms with Crippen LogP contribution in [-0.4, -0.2) is 42.5 Å². The number of hydrogen-bond acceptors (Lipinski definition) is 5. The summed E-state index contributed by atoms with van der Waals surface area (Å²) in [4.78, 5) is 20.3. The van der Waals surface area contributed by atoms with Gasteiger partial charge in [0.25, 0.3) is 5.91 Å². The number of hydrogen-bond donors (Lipinski definition) is 1. The lowest BCUT2D eigenvalue weighted by Gasteiger charge is -2.25. The Morgan fingerprint density at radius 1 is 1.31 bits per heavy atom. The van der Waals surface area contributed by atoms with E-state index < -0.39 is 0 Å². The Kier molecular flexibility index (Phi) is 6.63. The molecule has 0 saturated carbocycles. The molecule has 2 aromatic rings. The average Bonchev–Trinajstić information content (AvgIpc) is 3.03. The molecule has 6 heteroatoms. The zero-order valence-electron chi connectivity index (χ0n) is 15.6. The average molecular weight is 374 g/mol. The first-order valence-electron chi connectivity index (χ1n) is 9.25. The highest BCUT2D eigenvalue weighted by Crippen LogP contribution is 2.21. The van der Waals surface area contributed by atoms with E-state index in [4.69, 9.17) is 4.74 Å². The summed E-state index contributed by atoms with van der Waals surface area (Å²) in [5, 5.41) is 4.06. The van der Waals surface area contributed by atoms with E-state index in [1.54, 1.807) is 7.11 Å². The Morgan fingerprint density at radius 3 is 2.88 bits per heavy atom. The zero-order chi connectivity index (χ0) is 18.4. The second kappa shape index (κ2) is 9.14. The zero-order valence-corrected chi connectivity index (χ0v) is 16.4. The topological polar surface area (TPSA) is 54.5 Å². The molecule has 0 unspecified atom stereocenters. The molecule has 1 aliphatic rings. The molecule has 5 nitrogen and oxygen atoms in total. The van der Waals surface area contributed by atoms with Crippen LogP contribution in [0.5, 0.6) is 5.75 Å². The molecule has 3 rings (SSSR count). The van der Waals surface area contributed by atoms with E-state index in [0.717, 1.165) is 52.9 Å². The van der Waals surface area contributed by atoms with Gasteiger partial charge < -0.3 is 10.1 Å². The van der Waals surface area contributed by atoms with Crippen molar-refractivity contribution in [2.45, 2.75) is 39.2 Å². The highest BCUT2D eigenvalue weighted by molar-refractivity contribution is 7.13. The van der Waals surface area contributed by atoms with Gasteiger partial charge >= 0.3 is 0 Å². The van der Waals surface area contributed by atoms with Gasteiger partial charge in [-0.3, -0.25) is 9.69 Å². The predicted octanol–water partition coefficient (Wildman–Crippen LogP) is 3.42. The molecule has 1 aromatic carbocycles. The number of ether oxygens (including phenoxy) is 1. The van der Waals surface area contributed by atoms with Crippen molar-refractivity contribution in [2.24, 2.45) is 0 Å². The molecule has 1 saturated heterocycles. The molecule has 1 N–H and O–H groups in total. The van der Waals surface area contributed by atoms with Gasteiger partial charge in [-0.2, -0.15) is 0 Å². The van der Waals surface area contributed by atoms with Crippen LogP contribution < -0.4 is 10.1 Å². The summed E-state index contributed by atoms with van der Waals surface area (Å²) in [5.74, 6) is 0.822. The van der Waals surface area contributed by atoms with Crippen LogP contribution in [0.15, 0.2) is 24.3 Å². The van der Waals surface area contributed by atoms with E-state index in [-0.39, 0.29) is 5.91 Å². The number of nitrogens with one attached hydrogen (secondary N) is 1. The summed E-state index contributed by atoms with van der Waals surface area (Å²) < 4.78 is 5.23. The smallest absolute Gasteiger partial charge is 0.263 e. The van der Waals surface area contributed by atoms with Crippen molar-refractivity contribution < 1.29 is 9.53 Å². The monoisotopic (exact) mass is 373 g/mol. The number of methoxy groups -OCH3 is 1. The van der Waals surface area contributed by atoms with Gasteiger partial charge in [-0.25, -0.2) is 4.98 Å². The van der Waals surface area contributed by atoms with Crippen LogP contribution in [-0.2, 0) is 13.0 Å². The number of aromatic nitrogens is 1. The fourth-order valence-electron chi connectivity index (χ4n) is 3.27. The van der Waals surface area contributed by atoms with Crippen LogP contribution in [0.2, 0.25) is 0 Å². The fraction of sp³-hybridized carbons (Fsp3) is 0.500. The van der Waals surface area contributed by atoms with Gasteiger partial charge in [-0.1, -0.05) is 18.6 Å². The van der Waals surface area contributed by atoms with Crippen molar-refractivity contribution >= 4 is 17.2 Å². The molecule has 140 valence electrons. The second-order valence-electron chi connectivity index (χ2n) is 6.72. The maximum absolute atomic E-state index is 12.5. The minimum Gasteiger partial charge on any atom is -0.497 e. The van der Waals surface area contributed by atoms with Crippen LogP contribution >= 0.6 is 11.3 Å². The van der Waals surface area contributed by atoms with Gasteiger partial charge in [0.15, 0.2) is 0 Å². The van der Waals surface area contributed by atoms with Crippen LogP contribution in [0.25, 0.3) is 0 Å². The number of aryl methyl sites for hydroxylation is 1. The Balaban J connectivity index is 1.52. The van der Waals surface area contributed by atoms with Gasteiger partial charge in [0.1, 0.15) is 15.6 Å². The SMILES string of the molecule is COc1cccc(CCNC(=O)c2sc(CN3CCCCC3)nc2C)c1. The number of nitrogens with zero attached hydrogens (tertiary/aromatic N) is 2. The summed E-state index contributed by atoms with van der Waals surface area (Å²) in [6.07, 6.45) is 4.64. The lowest BCUT2D eigenvalue weighted by atomic mass is 10.1. The summed E-state index contributed by atoms with van der Waals surface area (Å²) >= 11 is 1.53. The number of benzene rings is 1. The molecular formula is C20H27N3O2S. The van der Waals surface area contributed by atoms with Crippen LogP contribution in [0, 0.1) is 6.92 Å². The lowest BCUT2D eigenvalue weighted by molar-refractivity contribution is 0.0957. The van der Waals surface area contributed by atoms with Crippen molar-refractivity contribution in [3.63, 3.8) is 0 Å². The summed E-state index contributed by atoms with van der Waals surface area (Å²) in [6, 6.07) is 7.94. The number of thiazole rings is 1. The van der Waals surface area contributed by atoms with Gasteiger partial charge in [-0.15, -0.1) is 11.3 Å². The first-order valence-corrected chi connectivity index (χ1v) is 10.1. The summed E-state index contributed by atoms with van der Waals surface area (Å²) in [7, 11) is 1.66. The molecule has 26 heavy (non-hydrogen) atoms. The fourth-order valence-corrected chi connectivity index (χ4v) is 4.29. The van der Waals surface area contributed by atoms with Crippen LogP contribution in [0.4, 0.5) is 0 Å². The number of carbonyl (C=O) groups is 1. The van der Waals surface area contributed by atoms with Crippen LogP contribution in [0.1, 0.15) is 45.2 Å². The lowest BCUT2D eigenvalue weighted by Crippen LogP contribution is -2.29. The molecule has 1 aliphatic heterocycles. The quantitative estimate of drug-likeness (QED) is 0.808. The van der Waals surface area contributed by atoms with Gasteiger partial charge in [-0.05, 0) is 57.0 Å². The maximum Gasteiger partial charge on any atom is 0.263 e. The molecule has 1 fully saturated rings. The second-order valence-corrected chi connectivity index (χ2v) is 7.80. The largest absolute Gasteiger partial charge is 0.497 e. The number of amides is 1. The molecule has 0 bridgehead atoms. The highest BCUT2D eigenvalue weighted by atomic mass is 32.1. The number of likely N-dealkylation sites (tertiary alicyclic amines) is 1. The third-order valence-corrected chi connectivity index (χ3v) is 5.83. The molecule has 0 atom stereocenters. The van der Waals surface area contributed by atoms with Crippen molar-refractivity contribution in [3.8, 4) is 5.75 Å². The summed E-state index contributed by atoms with van der Waals surface area (Å²) in [6.45, 7) is 5.67. The first-order chi connectivity index (χ1) is 12.7. The Bertz CT molecular complexity index is 738. The van der Waals surface area contributed by atoms with Crippen LogP contribution in [0.3, 0.4) is 0 Å². The summed E-state index contributed by atoms with van der Waals surface area (Å²) in [5.41, 5.74) is 1.98. The van der Waals surface area contributed by atoms with Crippen molar-refractivity contribution in [2.75, 3.05) is 26.7 Å². The molecule has 2 heterocycles. The van der Waals surface area contributed by atoms with E-state index >= 15 is 0 Å². The minimum absolute atomic E-state index is 0.0206. The first kappa shape index (κ1) is 18.9. The Hall–Kier alpha value is -1.92. The normalized spacial score (nSPS) is 15.0. The Morgan fingerprint density at radius 2 is 2.12 bits per heavy atom. The van der Waals surface area contributed by atoms with Gasteiger partial charge in [0, 0.05) is 6.54 Å². The molecule has 0 radical (unpaired) electrons. The molecule has 0 spiro atoms. The molecule has 0 aliphatic carbocycles. The van der Waals surface area contributed by atoms with E-state index in [1.165, 1.54) is 30.6 Å². The minimum atomic E-state index is -0.0206. The van der Waals surface area contributed by atoms with E-state index in [2.05, 4.69) is 15.2 Å². The molecule has 1 aromatic heterocycles. The molecular weight excluding hydrogens is 346 g/mol. The standard InChI is InChI=1S/C20H27N3O2S/c1-15-19(26-18(22-15)14-23-11-4-3-5-12-23)20(24)21-10-9-16-7-6-8-17(13-16)25-2/h6-8,13H,3-5,9-12,14H2,1-2H3,(H,21,24). The number of piperidine rings is 1. The highest BCUT2D eigenvalue weighted by Gasteiger charge is 2.18. The maximum atomic E-state index is 12.5. The Labute approximate surface area is 159 Å².